The molecule has 1 N–H and O–H groups in total. The van der Waals surface area contributed by atoms with E-state index in [0.29, 0.717) is 11.4 Å². The van der Waals surface area contributed by atoms with Gasteiger partial charge in [0, 0.05) is 0 Å². The van der Waals surface area contributed by atoms with Gasteiger partial charge in [-0.1, -0.05) is 54.6 Å². The van der Waals surface area contributed by atoms with Crippen LogP contribution in [0.3, 0.4) is 0 Å². The molecule has 3 aromatic carbocycles. The molecule has 0 saturated heterocycles. The normalized spacial score (nSPS) is 11.2. The molecule has 0 atom stereocenters. The lowest BCUT2D eigenvalue weighted by Gasteiger charge is -2.14. The second-order valence-corrected chi connectivity index (χ2v) is 8.76. The van der Waals surface area contributed by atoms with Crippen molar-refractivity contribution in [2.75, 3.05) is 4.72 Å². The molecule has 0 bridgehead atoms. The standard InChI is InChI=1S/C24H20FN3O3S/c1-16-23(17(2)27-24(26-16)31-22-11-7-6-10-21(22)25)28-32(29,30)20-14-12-19(13-15-20)18-8-4-3-5-9-18/h3-15,28H,1-2H3. The number of aryl methyl sites for hydroxylation is 2. The Bertz CT molecular complexity index is 1340. The number of sulfonamides is 1. The minimum absolute atomic E-state index is 0.0156. The van der Waals surface area contributed by atoms with Crippen LogP contribution in [-0.4, -0.2) is 18.4 Å². The van der Waals surface area contributed by atoms with Gasteiger partial charge in [0.25, 0.3) is 10.0 Å². The average Bonchev–Trinajstić information content (AvgIpc) is 2.79. The van der Waals surface area contributed by atoms with Crippen LogP contribution in [0.5, 0.6) is 11.8 Å². The molecule has 8 heteroatoms. The summed E-state index contributed by atoms with van der Waals surface area (Å²) in [7, 11) is -3.87. The van der Waals surface area contributed by atoms with E-state index < -0.39 is 15.8 Å². The third kappa shape index (κ3) is 4.60. The van der Waals surface area contributed by atoms with Gasteiger partial charge in [-0.05, 0) is 49.2 Å². The highest BCUT2D eigenvalue weighted by Gasteiger charge is 2.19. The zero-order valence-corrected chi connectivity index (χ0v) is 18.2. The fourth-order valence-corrected chi connectivity index (χ4v) is 4.33. The second kappa shape index (κ2) is 8.76. The Labute approximate surface area is 185 Å². The Morgan fingerprint density at radius 2 is 1.34 bits per heavy atom. The number of para-hydroxylation sites is 1. The maximum atomic E-state index is 13.8. The predicted molar refractivity (Wildman–Crippen MR) is 121 cm³/mol. The van der Waals surface area contributed by atoms with Gasteiger partial charge in [0.1, 0.15) is 0 Å². The zero-order chi connectivity index (χ0) is 22.7. The van der Waals surface area contributed by atoms with Gasteiger partial charge in [0.15, 0.2) is 11.6 Å². The highest BCUT2D eigenvalue weighted by Crippen LogP contribution is 2.27. The van der Waals surface area contributed by atoms with Crippen LogP contribution in [0.25, 0.3) is 11.1 Å². The number of nitrogens with zero attached hydrogens (tertiary/aromatic N) is 2. The maximum absolute atomic E-state index is 13.8. The SMILES string of the molecule is Cc1nc(Oc2ccccc2F)nc(C)c1NS(=O)(=O)c1ccc(-c2ccccc2)cc1. The van der Waals surface area contributed by atoms with E-state index >= 15 is 0 Å². The molecule has 0 aliphatic heterocycles. The predicted octanol–water partition coefficient (Wildman–Crippen LogP) is 5.49. The Balaban J connectivity index is 1.57. The number of anilines is 1. The van der Waals surface area contributed by atoms with Gasteiger partial charge in [-0.25, -0.2) is 12.8 Å². The van der Waals surface area contributed by atoms with Crippen LogP contribution in [0.4, 0.5) is 10.1 Å². The summed E-state index contributed by atoms with van der Waals surface area (Å²) in [6, 6.07) is 22.1. The van der Waals surface area contributed by atoms with Crippen molar-refractivity contribution in [3.8, 4) is 22.9 Å². The van der Waals surface area contributed by atoms with E-state index in [1.807, 2.05) is 30.3 Å². The van der Waals surface area contributed by atoms with Crippen LogP contribution in [0.15, 0.2) is 83.8 Å². The van der Waals surface area contributed by atoms with Gasteiger partial charge in [0.05, 0.1) is 22.0 Å². The summed E-state index contributed by atoms with van der Waals surface area (Å²) in [5.41, 5.74) is 2.87. The van der Waals surface area contributed by atoms with Crippen LogP contribution < -0.4 is 9.46 Å². The molecule has 0 spiro atoms. The molecule has 0 unspecified atom stereocenters. The quantitative estimate of drug-likeness (QED) is 0.421. The van der Waals surface area contributed by atoms with Gasteiger partial charge in [0.2, 0.25) is 0 Å². The molecular formula is C24H20FN3O3S. The second-order valence-electron chi connectivity index (χ2n) is 7.08. The number of nitrogens with one attached hydrogen (secondary N) is 1. The lowest BCUT2D eigenvalue weighted by atomic mass is 10.1. The molecule has 1 heterocycles. The number of benzene rings is 3. The van der Waals surface area contributed by atoms with Crippen molar-refractivity contribution in [1.82, 2.24) is 9.97 Å². The average molecular weight is 450 g/mol. The van der Waals surface area contributed by atoms with Crippen molar-refractivity contribution >= 4 is 15.7 Å². The van der Waals surface area contributed by atoms with E-state index in [1.165, 1.54) is 12.1 Å². The molecule has 162 valence electrons. The van der Waals surface area contributed by atoms with Gasteiger partial charge < -0.3 is 4.74 Å². The number of halogens is 1. The molecule has 1 aromatic heterocycles. The lowest BCUT2D eigenvalue weighted by Crippen LogP contribution is -2.16. The van der Waals surface area contributed by atoms with Crippen molar-refractivity contribution in [3.05, 3.63) is 96.1 Å². The summed E-state index contributed by atoms with van der Waals surface area (Å²) in [5, 5.41) is 0. The summed E-state index contributed by atoms with van der Waals surface area (Å²) in [6.07, 6.45) is 0. The van der Waals surface area contributed by atoms with E-state index in [2.05, 4.69) is 14.7 Å². The smallest absolute Gasteiger partial charge is 0.322 e. The fourth-order valence-electron chi connectivity index (χ4n) is 3.16. The molecule has 0 fully saturated rings. The molecule has 0 aliphatic carbocycles. The first-order chi connectivity index (χ1) is 15.3. The fraction of sp³-hybridized carbons (Fsp3) is 0.0833. The van der Waals surface area contributed by atoms with Crippen molar-refractivity contribution in [2.45, 2.75) is 18.7 Å². The van der Waals surface area contributed by atoms with Crippen LogP contribution in [-0.2, 0) is 10.0 Å². The third-order valence-electron chi connectivity index (χ3n) is 4.80. The van der Waals surface area contributed by atoms with Crippen LogP contribution in [0.2, 0.25) is 0 Å². The third-order valence-corrected chi connectivity index (χ3v) is 6.16. The molecule has 4 rings (SSSR count). The molecule has 4 aromatic rings. The monoisotopic (exact) mass is 449 g/mol. The minimum Gasteiger partial charge on any atom is -0.421 e. The molecular weight excluding hydrogens is 429 g/mol. The van der Waals surface area contributed by atoms with Gasteiger partial charge >= 0.3 is 6.01 Å². The Morgan fingerprint density at radius 3 is 1.97 bits per heavy atom. The molecule has 6 nitrogen and oxygen atoms in total. The van der Waals surface area contributed by atoms with Crippen molar-refractivity contribution in [1.29, 1.82) is 0 Å². The van der Waals surface area contributed by atoms with E-state index in [1.54, 1.807) is 50.2 Å². The number of hydrogen-bond donors (Lipinski definition) is 1. The van der Waals surface area contributed by atoms with E-state index in [4.69, 9.17) is 4.74 Å². The van der Waals surface area contributed by atoms with E-state index in [0.717, 1.165) is 11.1 Å². The number of ether oxygens (including phenoxy) is 1. The highest BCUT2D eigenvalue weighted by atomic mass is 32.2. The van der Waals surface area contributed by atoms with Crippen molar-refractivity contribution in [2.24, 2.45) is 0 Å². The first-order valence-electron chi connectivity index (χ1n) is 9.79. The van der Waals surface area contributed by atoms with Gasteiger partial charge in [-0.2, -0.15) is 9.97 Å². The van der Waals surface area contributed by atoms with Crippen molar-refractivity contribution < 1.29 is 17.5 Å². The summed E-state index contributed by atoms with van der Waals surface area (Å²) in [5.74, 6) is -0.562. The van der Waals surface area contributed by atoms with E-state index in [-0.39, 0.29) is 22.3 Å². The Kier molecular flexibility index (Phi) is 5.87. The van der Waals surface area contributed by atoms with Gasteiger partial charge in [-0.3, -0.25) is 4.72 Å². The largest absolute Gasteiger partial charge is 0.421 e. The number of aromatic nitrogens is 2. The lowest BCUT2D eigenvalue weighted by molar-refractivity contribution is 0.409. The van der Waals surface area contributed by atoms with E-state index in [9.17, 15) is 12.8 Å². The van der Waals surface area contributed by atoms with Crippen molar-refractivity contribution in [3.63, 3.8) is 0 Å². The maximum Gasteiger partial charge on any atom is 0.322 e. The first-order valence-corrected chi connectivity index (χ1v) is 11.3. The molecule has 0 saturated carbocycles. The summed E-state index contributed by atoms with van der Waals surface area (Å²) >= 11 is 0. The molecule has 0 radical (unpaired) electrons. The molecule has 0 amide bonds. The topological polar surface area (TPSA) is 81.2 Å². The number of rotatable bonds is 6. The Hall–Kier alpha value is -3.78. The summed E-state index contributed by atoms with van der Waals surface area (Å²) in [6.45, 7) is 3.25. The summed E-state index contributed by atoms with van der Waals surface area (Å²) in [4.78, 5) is 8.46. The zero-order valence-electron chi connectivity index (χ0n) is 17.4. The molecule has 0 aliphatic rings. The summed E-state index contributed by atoms with van der Waals surface area (Å²) < 4.78 is 47.7. The molecule has 32 heavy (non-hydrogen) atoms. The van der Waals surface area contributed by atoms with Crippen LogP contribution >= 0.6 is 0 Å². The van der Waals surface area contributed by atoms with Crippen LogP contribution in [0, 0.1) is 19.7 Å². The van der Waals surface area contributed by atoms with Crippen LogP contribution in [0.1, 0.15) is 11.4 Å². The minimum atomic E-state index is -3.87. The highest BCUT2D eigenvalue weighted by molar-refractivity contribution is 7.92. The van der Waals surface area contributed by atoms with Gasteiger partial charge in [-0.15, -0.1) is 0 Å². The Morgan fingerprint density at radius 1 is 0.781 bits per heavy atom. The first kappa shape index (κ1) is 21.5. The number of hydrogen-bond acceptors (Lipinski definition) is 5.